The van der Waals surface area contributed by atoms with Gasteiger partial charge in [0.15, 0.2) is 9.84 Å². The van der Waals surface area contributed by atoms with Crippen molar-refractivity contribution in [1.29, 1.82) is 0 Å². The van der Waals surface area contributed by atoms with Gasteiger partial charge in [-0.25, -0.2) is 8.42 Å². The van der Waals surface area contributed by atoms with Crippen LogP contribution in [0.25, 0.3) is 0 Å². The van der Waals surface area contributed by atoms with Crippen LogP contribution in [0.2, 0.25) is 0 Å². The van der Waals surface area contributed by atoms with Crippen molar-refractivity contribution in [3.8, 4) is 0 Å². The highest BCUT2D eigenvalue weighted by molar-refractivity contribution is 7.91. The lowest BCUT2D eigenvalue weighted by atomic mass is 10.0. The third kappa shape index (κ3) is 3.52. The van der Waals surface area contributed by atoms with Gasteiger partial charge >= 0.3 is 0 Å². The van der Waals surface area contributed by atoms with Crippen LogP contribution < -0.4 is 5.73 Å². The van der Waals surface area contributed by atoms with Gasteiger partial charge < -0.3 is 5.73 Å². The Kier molecular flexibility index (Phi) is 4.54. The van der Waals surface area contributed by atoms with Gasteiger partial charge in [0.1, 0.15) is 0 Å². The van der Waals surface area contributed by atoms with Crippen molar-refractivity contribution in [3.05, 3.63) is 30.1 Å². The minimum absolute atomic E-state index is 0.00157. The Balaban J connectivity index is 2.20. The van der Waals surface area contributed by atoms with Crippen LogP contribution in [0.1, 0.15) is 25.1 Å². The smallest absolute Gasteiger partial charge is 0.152 e. The second kappa shape index (κ2) is 5.98. The van der Waals surface area contributed by atoms with E-state index in [1.807, 2.05) is 25.1 Å². The second-order valence-electron chi connectivity index (χ2n) is 4.96. The fourth-order valence-corrected chi connectivity index (χ4v) is 3.69. The topological polar surface area (TPSA) is 76.3 Å². The molecule has 2 unspecified atom stereocenters. The molecule has 2 N–H and O–H groups in total. The molecule has 2 heterocycles. The quantitative estimate of drug-likeness (QED) is 0.875. The normalized spacial score (nSPS) is 22.8. The Hall–Kier alpha value is -0.980. The van der Waals surface area contributed by atoms with E-state index in [1.165, 1.54) is 0 Å². The summed E-state index contributed by atoms with van der Waals surface area (Å²) in [5.41, 5.74) is 7.14. The molecule has 5 nitrogen and oxygen atoms in total. The van der Waals surface area contributed by atoms with Crippen LogP contribution >= 0.6 is 0 Å². The number of nitrogens with two attached hydrogens (primary N) is 1. The third-order valence-corrected chi connectivity index (χ3v) is 5.25. The number of aromatic nitrogens is 1. The van der Waals surface area contributed by atoms with E-state index < -0.39 is 9.84 Å². The van der Waals surface area contributed by atoms with Gasteiger partial charge in [0.25, 0.3) is 0 Å². The molecule has 1 aromatic rings. The van der Waals surface area contributed by atoms with E-state index in [9.17, 15) is 8.42 Å². The zero-order chi connectivity index (χ0) is 13.9. The van der Waals surface area contributed by atoms with E-state index in [0.717, 1.165) is 12.1 Å². The van der Waals surface area contributed by atoms with Crippen LogP contribution in [0.4, 0.5) is 0 Å². The predicted molar refractivity (Wildman–Crippen MR) is 75.5 cm³/mol. The molecule has 1 saturated heterocycles. The average molecular weight is 283 g/mol. The van der Waals surface area contributed by atoms with Crippen molar-refractivity contribution < 1.29 is 8.42 Å². The molecule has 0 aromatic carbocycles. The molecule has 0 radical (unpaired) electrons. The molecule has 19 heavy (non-hydrogen) atoms. The molecule has 0 saturated carbocycles. The first-order valence-corrected chi connectivity index (χ1v) is 8.46. The number of nitrogens with zero attached hydrogens (tertiary/aromatic N) is 2. The van der Waals surface area contributed by atoms with Crippen molar-refractivity contribution in [3.63, 3.8) is 0 Å². The van der Waals surface area contributed by atoms with Gasteiger partial charge in [-0.05, 0) is 18.6 Å². The third-order valence-electron chi connectivity index (χ3n) is 3.64. The van der Waals surface area contributed by atoms with Crippen LogP contribution in [-0.2, 0) is 9.84 Å². The van der Waals surface area contributed by atoms with Gasteiger partial charge in [-0.1, -0.05) is 13.0 Å². The molecule has 1 aromatic heterocycles. The maximum atomic E-state index is 11.5. The summed E-state index contributed by atoms with van der Waals surface area (Å²) in [5, 5.41) is 0. The molecule has 1 aliphatic heterocycles. The lowest BCUT2D eigenvalue weighted by Crippen LogP contribution is -2.48. The van der Waals surface area contributed by atoms with Gasteiger partial charge in [0.05, 0.1) is 23.2 Å². The van der Waals surface area contributed by atoms with E-state index in [2.05, 4.69) is 9.88 Å². The number of hydrogen-bond donors (Lipinski definition) is 1. The van der Waals surface area contributed by atoms with Crippen molar-refractivity contribution in [2.24, 2.45) is 5.73 Å². The van der Waals surface area contributed by atoms with Gasteiger partial charge in [-0.2, -0.15) is 0 Å². The first kappa shape index (κ1) is 14.4. The summed E-state index contributed by atoms with van der Waals surface area (Å²) in [6, 6.07) is 5.75. The number of rotatable bonds is 4. The van der Waals surface area contributed by atoms with Crippen LogP contribution in [0.15, 0.2) is 24.4 Å². The Bertz CT molecular complexity index is 490. The summed E-state index contributed by atoms with van der Waals surface area (Å²) in [6.45, 7) is 3.12. The Morgan fingerprint density at radius 2 is 2.05 bits per heavy atom. The molecular weight excluding hydrogens is 262 g/mol. The first-order chi connectivity index (χ1) is 9.03. The monoisotopic (exact) mass is 283 g/mol. The van der Waals surface area contributed by atoms with Crippen LogP contribution in [0, 0.1) is 0 Å². The zero-order valence-corrected chi connectivity index (χ0v) is 12.0. The summed E-state index contributed by atoms with van der Waals surface area (Å²) in [6.07, 6.45) is 2.59. The Morgan fingerprint density at radius 3 is 2.58 bits per heavy atom. The van der Waals surface area contributed by atoms with Crippen molar-refractivity contribution in [1.82, 2.24) is 9.88 Å². The number of hydrogen-bond acceptors (Lipinski definition) is 5. The first-order valence-electron chi connectivity index (χ1n) is 6.64. The fourth-order valence-electron chi connectivity index (χ4n) is 2.46. The standard InChI is InChI=1S/C13H21N3O2S/c1-2-11(14)13(12-5-3-4-6-15-12)16-7-9-19(17,18)10-8-16/h3-6,11,13H,2,7-10,14H2,1H3. The maximum absolute atomic E-state index is 11.5. The van der Waals surface area contributed by atoms with Gasteiger partial charge in [0.2, 0.25) is 0 Å². The molecule has 0 amide bonds. The summed E-state index contributed by atoms with van der Waals surface area (Å²) >= 11 is 0. The van der Waals surface area contributed by atoms with Gasteiger partial charge in [-0.3, -0.25) is 9.88 Å². The van der Waals surface area contributed by atoms with Crippen LogP contribution in [0.5, 0.6) is 0 Å². The number of pyridine rings is 1. The fraction of sp³-hybridized carbons (Fsp3) is 0.615. The highest BCUT2D eigenvalue weighted by Gasteiger charge is 2.31. The molecule has 0 bridgehead atoms. The minimum Gasteiger partial charge on any atom is -0.326 e. The molecule has 0 spiro atoms. The SMILES string of the molecule is CCC(N)C(c1ccccn1)N1CCS(=O)(=O)CC1. The van der Waals surface area contributed by atoms with Gasteiger partial charge in [-0.15, -0.1) is 0 Å². The predicted octanol–water partition coefficient (Wildman–Crippen LogP) is 0.590. The van der Waals surface area contributed by atoms with E-state index >= 15 is 0 Å². The average Bonchev–Trinajstić information content (AvgIpc) is 2.42. The molecule has 2 rings (SSSR count). The molecule has 2 atom stereocenters. The van der Waals surface area contributed by atoms with Crippen molar-refractivity contribution >= 4 is 9.84 Å². The van der Waals surface area contributed by atoms with Crippen LogP contribution in [-0.4, -0.2) is 48.9 Å². The van der Waals surface area contributed by atoms with Crippen molar-refractivity contribution in [2.45, 2.75) is 25.4 Å². The Labute approximate surface area is 114 Å². The molecule has 0 aliphatic carbocycles. The van der Waals surface area contributed by atoms with E-state index in [4.69, 9.17) is 5.73 Å². The largest absolute Gasteiger partial charge is 0.326 e. The summed E-state index contributed by atoms with van der Waals surface area (Å²) in [7, 11) is -2.87. The summed E-state index contributed by atoms with van der Waals surface area (Å²) in [5.74, 6) is 0.430. The maximum Gasteiger partial charge on any atom is 0.152 e. The summed E-state index contributed by atoms with van der Waals surface area (Å²) < 4.78 is 23.0. The van der Waals surface area contributed by atoms with Crippen molar-refractivity contribution in [2.75, 3.05) is 24.6 Å². The van der Waals surface area contributed by atoms with Gasteiger partial charge in [0, 0.05) is 25.3 Å². The highest BCUT2D eigenvalue weighted by Crippen LogP contribution is 2.25. The zero-order valence-electron chi connectivity index (χ0n) is 11.2. The summed E-state index contributed by atoms with van der Waals surface area (Å²) in [4.78, 5) is 6.54. The lowest BCUT2D eigenvalue weighted by molar-refractivity contribution is 0.179. The molecular formula is C13H21N3O2S. The van der Waals surface area contributed by atoms with Crippen LogP contribution in [0.3, 0.4) is 0 Å². The molecule has 1 fully saturated rings. The molecule has 106 valence electrons. The second-order valence-corrected chi connectivity index (χ2v) is 7.26. The molecule has 1 aliphatic rings. The lowest BCUT2D eigenvalue weighted by Gasteiger charge is -2.37. The Morgan fingerprint density at radius 1 is 1.37 bits per heavy atom. The number of sulfone groups is 1. The van der Waals surface area contributed by atoms with E-state index in [0.29, 0.717) is 13.1 Å². The minimum atomic E-state index is -2.87. The van der Waals surface area contributed by atoms with E-state index in [-0.39, 0.29) is 23.6 Å². The van der Waals surface area contributed by atoms with E-state index in [1.54, 1.807) is 6.20 Å². The molecule has 6 heteroatoms. The highest BCUT2D eigenvalue weighted by atomic mass is 32.2.